The van der Waals surface area contributed by atoms with E-state index in [2.05, 4.69) is 22.5 Å². The van der Waals surface area contributed by atoms with E-state index in [1.165, 1.54) is 0 Å². The summed E-state index contributed by atoms with van der Waals surface area (Å²) in [5, 5.41) is 6.93. The molecule has 2 aliphatic rings. The van der Waals surface area contributed by atoms with Crippen molar-refractivity contribution in [1.82, 2.24) is 10.2 Å². The Kier molecular flexibility index (Phi) is 4.48. The Morgan fingerprint density at radius 2 is 2.24 bits per heavy atom. The van der Waals surface area contributed by atoms with Crippen LogP contribution in [-0.2, 0) is 4.79 Å². The van der Waals surface area contributed by atoms with E-state index in [0.717, 1.165) is 38.0 Å². The Bertz CT molecular complexity index is 522. The molecular formula is C16H22ClN3O. The van der Waals surface area contributed by atoms with Crippen LogP contribution < -0.4 is 10.6 Å². The second-order valence-corrected chi connectivity index (χ2v) is 6.50. The molecule has 0 aromatic heterocycles. The highest BCUT2D eigenvalue weighted by Crippen LogP contribution is 2.32. The second kappa shape index (κ2) is 6.34. The smallest absolute Gasteiger partial charge is 0.225 e. The minimum atomic E-state index is 0.0329. The molecule has 2 fully saturated rings. The Balaban J connectivity index is 1.49. The molecule has 3 unspecified atom stereocenters. The molecular weight excluding hydrogens is 286 g/mol. The molecule has 3 atom stereocenters. The lowest BCUT2D eigenvalue weighted by atomic mass is 9.95. The topological polar surface area (TPSA) is 44.4 Å². The van der Waals surface area contributed by atoms with Gasteiger partial charge in [0.2, 0.25) is 5.91 Å². The molecule has 2 saturated heterocycles. The number of para-hydroxylation sites is 1. The van der Waals surface area contributed by atoms with Crippen molar-refractivity contribution in [2.45, 2.75) is 19.4 Å². The summed E-state index contributed by atoms with van der Waals surface area (Å²) in [6.45, 7) is 6.46. The van der Waals surface area contributed by atoms with Crippen molar-refractivity contribution in [2.75, 3.05) is 31.5 Å². The second-order valence-electron chi connectivity index (χ2n) is 6.10. The molecule has 1 aromatic carbocycles. The lowest BCUT2D eigenvalue weighted by molar-refractivity contribution is -0.116. The van der Waals surface area contributed by atoms with E-state index >= 15 is 0 Å². The van der Waals surface area contributed by atoms with Gasteiger partial charge in [0.1, 0.15) is 0 Å². The lowest BCUT2D eigenvalue weighted by Gasteiger charge is -2.23. The van der Waals surface area contributed by atoms with Gasteiger partial charge in [-0.25, -0.2) is 0 Å². The fourth-order valence-corrected chi connectivity index (χ4v) is 3.75. The molecule has 2 heterocycles. The van der Waals surface area contributed by atoms with Crippen molar-refractivity contribution in [3.8, 4) is 0 Å². The van der Waals surface area contributed by atoms with Gasteiger partial charge in [-0.05, 0) is 44.0 Å². The Labute approximate surface area is 130 Å². The summed E-state index contributed by atoms with van der Waals surface area (Å²) in [4.78, 5) is 14.5. The number of fused-ring (bicyclic) bond motifs is 1. The van der Waals surface area contributed by atoms with Crippen LogP contribution in [-0.4, -0.2) is 43.0 Å². The number of rotatable bonds is 4. The molecule has 1 aromatic rings. The van der Waals surface area contributed by atoms with E-state index in [1.54, 1.807) is 6.07 Å². The van der Waals surface area contributed by atoms with Crippen molar-refractivity contribution >= 4 is 23.2 Å². The van der Waals surface area contributed by atoms with Crippen LogP contribution in [0.5, 0.6) is 0 Å². The van der Waals surface area contributed by atoms with E-state index in [0.29, 0.717) is 23.2 Å². The summed E-state index contributed by atoms with van der Waals surface area (Å²) in [6.07, 6.45) is 0.516. The van der Waals surface area contributed by atoms with Crippen molar-refractivity contribution in [3.05, 3.63) is 29.3 Å². The molecule has 21 heavy (non-hydrogen) atoms. The molecule has 0 saturated carbocycles. The summed E-state index contributed by atoms with van der Waals surface area (Å²) in [7, 11) is 0. The van der Waals surface area contributed by atoms with Gasteiger partial charge in [0.05, 0.1) is 10.7 Å². The number of carbonyl (C=O) groups is 1. The van der Waals surface area contributed by atoms with E-state index in [1.807, 2.05) is 18.2 Å². The van der Waals surface area contributed by atoms with Crippen LogP contribution in [0.25, 0.3) is 0 Å². The number of carbonyl (C=O) groups excluding carboxylic acids is 1. The summed E-state index contributed by atoms with van der Waals surface area (Å²) in [5.41, 5.74) is 0.694. The van der Waals surface area contributed by atoms with E-state index in [9.17, 15) is 4.79 Å². The number of anilines is 1. The minimum Gasteiger partial charge on any atom is -0.325 e. The van der Waals surface area contributed by atoms with Crippen LogP contribution in [0.3, 0.4) is 0 Å². The SMILES string of the molecule is CC1C2CNCC2CN1CCC(=O)Nc1ccccc1Cl. The van der Waals surface area contributed by atoms with Gasteiger partial charge in [-0.2, -0.15) is 0 Å². The first-order valence-corrected chi connectivity index (χ1v) is 8.02. The summed E-state index contributed by atoms with van der Waals surface area (Å²) in [5.74, 6) is 1.54. The predicted molar refractivity (Wildman–Crippen MR) is 85.6 cm³/mol. The average Bonchev–Trinajstić information content (AvgIpc) is 3.03. The van der Waals surface area contributed by atoms with Crippen LogP contribution in [0.4, 0.5) is 5.69 Å². The highest BCUT2D eigenvalue weighted by atomic mass is 35.5. The van der Waals surface area contributed by atoms with Crippen molar-refractivity contribution < 1.29 is 4.79 Å². The molecule has 2 N–H and O–H groups in total. The van der Waals surface area contributed by atoms with Gasteiger partial charge in [-0.15, -0.1) is 0 Å². The number of hydrogen-bond donors (Lipinski definition) is 2. The molecule has 0 radical (unpaired) electrons. The van der Waals surface area contributed by atoms with Gasteiger partial charge < -0.3 is 10.6 Å². The zero-order chi connectivity index (χ0) is 14.8. The minimum absolute atomic E-state index is 0.0329. The maximum absolute atomic E-state index is 12.1. The van der Waals surface area contributed by atoms with Crippen LogP contribution in [0, 0.1) is 11.8 Å². The number of nitrogens with zero attached hydrogens (tertiary/aromatic N) is 1. The first-order valence-electron chi connectivity index (χ1n) is 7.64. The molecule has 0 aliphatic carbocycles. The first-order chi connectivity index (χ1) is 10.1. The van der Waals surface area contributed by atoms with Crippen molar-refractivity contribution in [1.29, 1.82) is 0 Å². The van der Waals surface area contributed by atoms with Crippen LogP contribution in [0.1, 0.15) is 13.3 Å². The average molecular weight is 308 g/mol. The Morgan fingerprint density at radius 3 is 3.00 bits per heavy atom. The van der Waals surface area contributed by atoms with E-state index in [-0.39, 0.29) is 5.91 Å². The molecule has 5 heteroatoms. The predicted octanol–water partition coefficient (Wildman–Crippen LogP) is 2.21. The number of halogens is 1. The van der Waals surface area contributed by atoms with Gasteiger partial charge in [0.25, 0.3) is 0 Å². The van der Waals surface area contributed by atoms with Gasteiger partial charge in [0, 0.05) is 25.6 Å². The fourth-order valence-electron chi connectivity index (χ4n) is 3.57. The normalized spacial score (nSPS) is 28.6. The zero-order valence-corrected chi connectivity index (χ0v) is 13.1. The Hall–Kier alpha value is -1.10. The van der Waals surface area contributed by atoms with Crippen LogP contribution in [0.15, 0.2) is 24.3 Å². The van der Waals surface area contributed by atoms with Gasteiger partial charge in [-0.1, -0.05) is 23.7 Å². The van der Waals surface area contributed by atoms with E-state index < -0.39 is 0 Å². The molecule has 0 bridgehead atoms. The molecule has 114 valence electrons. The monoisotopic (exact) mass is 307 g/mol. The molecule has 4 nitrogen and oxygen atoms in total. The highest BCUT2D eigenvalue weighted by molar-refractivity contribution is 6.33. The largest absolute Gasteiger partial charge is 0.325 e. The molecule has 1 amide bonds. The number of amides is 1. The van der Waals surface area contributed by atoms with Crippen LogP contribution >= 0.6 is 11.6 Å². The van der Waals surface area contributed by atoms with Gasteiger partial charge in [-0.3, -0.25) is 9.69 Å². The standard InChI is InChI=1S/C16H22ClN3O/c1-11-13-9-18-8-12(13)10-20(11)7-6-16(21)19-15-5-3-2-4-14(15)17/h2-5,11-13,18H,6-10H2,1H3,(H,19,21). The van der Waals surface area contributed by atoms with Gasteiger partial charge in [0.15, 0.2) is 0 Å². The quantitative estimate of drug-likeness (QED) is 0.896. The highest BCUT2D eigenvalue weighted by Gasteiger charge is 2.41. The maximum atomic E-state index is 12.1. The van der Waals surface area contributed by atoms with Crippen LogP contribution in [0.2, 0.25) is 5.02 Å². The number of nitrogens with one attached hydrogen (secondary N) is 2. The summed E-state index contributed by atoms with van der Waals surface area (Å²) in [6, 6.07) is 7.91. The summed E-state index contributed by atoms with van der Waals surface area (Å²) >= 11 is 6.05. The van der Waals surface area contributed by atoms with Crippen molar-refractivity contribution in [3.63, 3.8) is 0 Å². The maximum Gasteiger partial charge on any atom is 0.225 e. The zero-order valence-electron chi connectivity index (χ0n) is 12.3. The molecule has 0 spiro atoms. The first kappa shape index (κ1) is 14.8. The third-order valence-electron chi connectivity index (χ3n) is 4.83. The third-order valence-corrected chi connectivity index (χ3v) is 5.16. The lowest BCUT2D eigenvalue weighted by Crippen LogP contribution is -2.35. The fraction of sp³-hybridized carbons (Fsp3) is 0.562. The number of hydrogen-bond acceptors (Lipinski definition) is 3. The van der Waals surface area contributed by atoms with Crippen molar-refractivity contribution in [2.24, 2.45) is 11.8 Å². The molecule has 3 rings (SSSR count). The number of likely N-dealkylation sites (tertiary alicyclic amines) is 1. The van der Waals surface area contributed by atoms with Gasteiger partial charge >= 0.3 is 0 Å². The van der Waals surface area contributed by atoms with E-state index in [4.69, 9.17) is 11.6 Å². The Morgan fingerprint density at radius 1 is 1.43 bits per heavy atom. The summed E-state index contributed by atoms with van der Waals surface area (Å²) < 4.78 is 0. The molecule has 2 aliphatic heterocycles. The third kappa shape index (κ3) is 3.23. The number of benzene rings is 1.